The molecule has 2 aromatic heterocycles. The van der Waals surface area contributed by atoms with Crippen LogP contribution in [0.1, 0.15) is 16.8 Å². The third-order valence-electron chi connectivity index (χ3n) is 3.68. The van der Waals surface area contributed by atoms with Crippen LogP contribution in [-0.4, -0.2) is 25.4 Å². The van der Waals surface area contributed by atoms with E-state index in [2.05, 4.69) is 11.2 Å². The molecular weight excluding hydrogens is 292 g/mol. The van der Waals surface area contributed by atoms with Crippen molar-refractivity contribution >= 4 is 22.9 Å². The monoisotopic (exact) mass is 306 g/mol. The molecule has 3 aromatic rings. The van der Waals surface area contributed by atoms with Gasteiger partial charge in [0.2, 0.25) is 0 Å². The van der Waals surface area contributed by atoms with Crippen LogP contribution in [0.4, 0.5) is 0 Å². The first kappa shape index (κ1) is 14.6. The van der Waals surface area contributed by atoms with Crippen molar-refractivity contribution in [2.75, 3.05) is 0 Å². The molecule has 0 aliphatic heterocycles. The van der Waals surface area contributed by atoms with Gasteiger partial charge in [0.1, 0.15) is 5.82 Å². The third-order valence-corrected chi connectivity index (χ3v) is 3.68. The number of hydrogen-bond acceptors (Lipinski definition) is 3. The molecule has 0 aliphatic rings. The number of carbonyl (C=O) groups is 1. The van der Waals surface area contributed by atoms with E-state index in [1.54, 1.807) is 16.8 Å². The number of carboxylic acids is 1. The molecule has 23 heavy (non-hydrogen) atoms. The first-order chi connectivity index (χ1) is 11.0. The largest absolute Gasteiger partial charge is 0.478 e. The van der Waals surface area contributed by atoms with Crippen LogP contribution < -0.4 is 0 Å². The molecule has 0 saturated carbocycles. The smallest absolute Gasteiger partial charge is 0.328 e. The lowest BCUT2D eigenvalue weighted by molar-refractivity contribution is -0.131. The van der Waals surface area contributed by atoms with Crippen LogP contribution in [0.2, 0.25) is 0 Å². The predicted octanol–water partition coefficient (Wildman–Crippen LogP) is 2.64. The molecule has 0 saturated heterocycles. The standard InChI is InChI=1S/C17H14N4O2/c1-11-14(4-6-16(22)23)17(20(2)19-11)21-8-7-13-9-12(10-18)3-5-15(13)21/h3-9H,1-2H3,(H,22,23). The minimum absolute atomic E-state index is 0.599. The Hall–Kier alpha value is -3.33. The molecule has 0 amide bonds. The Morgan fingerprint density at radius 3 is 2.87 bits per heavy atom. The van der Waals surface area contributed by atoms with Gasteiger partial charge < -0.3 is 9.67 Å². The zero-order chi connectivity index (χ0) is 16.6. The quantitative estimate of drug-likeness (QED) is 0.754. The molecule has 0 unspecified atom stereocenters. The maximum atomic E-state index is 10.8. The van der Waals surface area contributed by atoms with E-state index in [0.29, 0.717) is 5.56 Å². The Kier molecular flexibility index (Phi) is 3.47. The molecule has 0 radical (unpaired) electrons. The van der Waals surface area contributed by atoms with Crippen molar-refractivity contribution in [3.63, 3.8) is 0 Å². The highest BCUT2D eigenvalue weighted by molar-refractivity contribution is 5.87. The van der Waals surface area contributed by atoms with Crippen LogP contribution >= 0.6 is 0 Å². The normalized spacial score (nSPS) is 11.2. The van der Waals surface area contributed by atoms with Crippen LogP contribution in [-0.2, 0) is 11.8 Å². The van der Waals surface area contributed by atoms with E-state index in [9.17, 15) is 4.79 Å². The number of fused-ring (bicyclic) bond motifs is 1. The molecule has 6 nitrogen and oxygen atoms in total. The van der Waals surface area contributed by atoms with E-state index < -0.39 is 5.97 Å². The molecule has 114 valence electrons. The van der Waals surface area contributed by atoms with E-state index in [-0.39, 0.29) is 0 Å². The maximum Gasteiger partial charge on any atom is 0.328 e. The number of nitriles is 1. The first-order valence-corrected chi connectivity index (χ1v) is 6.97. The average Bonchev–Trinajstić information content (AvgIpc) is 3.04. The topological polar surface area (TPSA) is 83.8 Å². The molecule has 1 N–H and O–H groups in total. The number of aryl methyl sites for hydroxylation is 2. The summed E-state index contributed by atoms with van der Waals surface area (Å²) >= 11 is 0. The highest BCUT2D eigenvalue weighted by Crippen LogP contribution is 2.26. The number of rotatable bonds is 3. The van der Waals surface area contributed by atoms with Crippen LogP contribution in [0, 0.1) is 18.3 Å². The third kappa shape index (κ3) is 2.49. The SMILES string of the molecule is Cc1nn(C)c(-n2ccc3cc(C#N)ccc32)c1C=CC(=O)O. The van der Waals surface area contributed by atoms with Gasteiger partial charge in [-0.05, 0) is 37.3 Å². The molecule has 0 fully saturated rings. The van der Waals surface area contributed by atoms with Crippen molar-refractivity contribution < 1.29 is 9.90 Å². The fourth-order valence-corrected chi connectivity index (χ4v) is 2.69. The average molecular weight is 306 g/mol. The number of carboxylic acid groups (broad SMARTS) is 1. The lowest BCUT2D eigenvalue weighted by Crippen LogP contribution is -2.03. The second kappa shape index (κ2) is 5.46. The van der Waals surface area contributed by atoms with Crippen molar-refractivity contribution in [3.05, 3.63) is 53.4 Å². The Morgan fingerprint density at radius 2 is 2.17 bits per heavy atom. The fourth-order valence-electron chi connectivity index (χ4n) is 2.69. The van der Waals surface area contributed by atoms with Crippen molar-refractivity contribution in [3.8, 4) is 11.9 Å². The van der Waals surface area contributed by atoms with E-state index in [0.717, 1.165) is 34.1 Å². The minimum Gasteiger partial charge on any atom is -0.478 e. The van der Waals surface area contributed by atoms with E-state index in [1.807, 2.05) is 42.9 Å². The van der Waals surface area contributed by atoms with E-state index in [4.69, 9.17) is 10.4 Å². The van der Waals surface area contributed by atoms with Gasteiger partial charge in [0, 0.05) is 30.3 Å². The van der Waals surface area contributed by atoms with Crippen molar-refractivity contribution in [2.45, 2.75) is 6.92 Å². The summed E-state index contributed by atoms with van der Waals surface area (Å²) in [5.41, 5.74) is 3.02. The Bertz CT molecular complexity index is 986. The van der Waals surface area contributed by atoms with Crippen molar-refractivity contribution in [1.82, 2.24) is 14.3 Å². The molecule has 0 aliphatic carbocycles. The molecule has 6 heteroatoms. The Labute approximate surface area is 132 Å². The highest BCUT2D eigenvalue weighted by atomic mass is 16.4. The minimum atomic E-state index is -1.00. The number of benzene rings is 1. The van der Waals surface area contributed by atoms with E-state index in [1.165, 1.54) is 0 Å². The van der Waals surface area contributed by atoms with Gasteiger partial charge in [0.15, 0.2) is 0 Å². The summed E-state index contributed by atoms with van der Waals surface area (Å²) in [6, 6.07) is 9.50. The lowest BCUT2D eigenvalue weighted by Gasteiger charge is -2.08. The second-order valence-electron chi connectivity index (χ2n) is 5.19. The summed E-state index contributed by atoms with van der Waals surface area (Å²) in [7, 11) is 1.82. The van der Waals surface area contributed by atoms with Gasteiger partial charge in [0.25, 0.3) is 0 Å². The molecular formula is C17H14N4O2. The number of aromatic nitrogens is 3. The van der Waals surface area contributed by atoms with E-state index >= 15 is 0 Å². The summed E-state index contributed by atoms with van der Waals surface area (Å²) in [5.74, 6) is -0.227. The van der Waals surface area contributed by atoms with Crippen molar-refractivity contribution in [1.29, 1.82) is 5.26 Å². The summed E-state index contributed by atoms with van der Waals surface area (Å²) in [4.78, 5) is 10.8. The van der Waals surface area contributed by atoms with Gasteiger partial charge in [-0.3, -0.25) is 4.68 Å². The van der Waals surface area contributed by atoms with Gasteiger partial charge >= 0.3 is 5.97 Å². The molecule has 0 spiro atoms. The number of hydrogen-bond donors (Lipinski definition) is 1. The summed E-state index contributed by atoms with van der Waals surface area (Å²) in [5, 5.41) is 23.2. The van der Waals surface area contributed by atoms with Gasteiger partial charge in [0.05, 0.1) is 22.8 Å². The predicted molar refractivity (Wildman–Crippen MR) is 86.2 cm³/mol. The van der Waals surface area contributed by atoms with Crippen molar-refractivity contribution in [2.24, 2.45) is 7.05 Å². The van der Waals surface area contributed by atoms with Crippen LogP contribution in [0.25, 0.3) is 22.8 Å². The Balaban J connectivity index is 2.23. The fraction of sp³-hybridized carbons (Fsp3) is 0.118. The first-order valence-electron chi connectivity index (χ1n) is 6.97. The summed E-state index contributed by atoms with van der Waals surface area (Å²) in [6.07, 6.45) is 4.54. The molecule has 0 atom stereocenters. The number of nitrogens with zero attached hydrogens (tertiary/aromatic N) is 4. The van der Waals surface area contributed by atoms with Gasteiger partial charge in [-0.15, -0.1) is 0 Å². The number of aliphatic carboxylic acids is 1. The summed E-state index contributed by atoms with van der Waals surface area (Å²) in [6.45, 7) is 1.84. The van der Waals surface area contributed by atoms with Crippen LogP contribution in [0.3, 0.4) is 0 Å². The van der Waals surface area contributed by atoms with Gasteiger partial charge in [-0.25, -0.2) is 4.79 Å². The second-order valence-corrected chi connectivity index (χ2v) is 5.19. The molecule has 1 aromatic carbocycles. The van der Waals surface area contributed by atoms with Gasteiger partial charge in [-0.1, -0.05) is 0 Å². The lowest BCUT2D eigenvalue weighted by atomic mass is 10.2. The van der Waals surface area contributed by atoms with Crippen LogP contribution in [0.15, 0.2) is 36.5 Å². The zero-order valence-corrected chi connectivity index (χ0v) is 12.7. The zero-order valence-electron chi connectivity index (χ0n) is 12.7. The van der Waals surface area contributed by atoms with Crippen LogP contribution in [0.5, 0.6) is 0 Å². The molecule has 2 heterocycles. The maximum absolute atomic E-state index is 10.8. The van der Waals surface area contributed by atoms with Gasteiger partial charge in [-0.2, -0.15) is 10.4 Å². The molecule has 3 rings (SSSR count). The molecule has 0 bridgehead atoms. The highest BCUT2D eigenvalue weighted by Gasteiger charge is 2.15. The summed E-state index contributed by atoms with van der Waals surface area (Å²) < 4.78 is 3.66. The Morgan fingerprint density at radius 1 is 1.39 bits per heavy atom.